The molecule has 1 amide bonds. The van der Waals surface area contributed by atoms with Gasteiger partial charge in [-0.1, -0.05) is 59.9 Å². The van der Waals surface area contributed by atoms with Crippen molar-refractivity contribution < 1.29 is 9.53 Å². The van der Waals surface area contributed by atoms with E-state index in [1.807, 2.05) is 61.5 Å². The Kier molecular flexibility index (Phi) is 5.42. The van der Waals surface area contributed by atoms with Gasteiger partial charge in [-0.3, -0.25) is 0 Å². The van der Waals surface area contributed by atoms with E-state index in [0.29, 0.717) is 0 Å². The second-order valence-corrected chi connectivity index (χ2v) is 4.58. The average Bonchev–Trinajstić information content (AvgIpc) is 2.52. The van der Waals surface area contributed by atoms with Crippen LogP contribution in [-0.2, 0) is 11.3 Å². The summed E-state index contributed by atoms with van der Waals surface area (Å²) in [5.74, 6) is 5.87. The Morgan fingerprint density at radius 2 is 1.81 bits per heavy atom. The number of carbonyl (C=O) groups is 1. The zero-order valence-corrected chi connectivity index (χ0v) is 11.9. The van der Waals surface area contributed by atoms with Crippen LogP contribution in [0.1, 0.15) is 16.7 Å². The summed E-state index contributed by atoms with van der Waals surface area (Å²) in [6, 6.07) is 17.5. The first kappa shape index (κ1) is 14.7. The number of hydrogen-bond acceptors (Lipinski definition) is 2. The van der Waals surface area contributed by atoms with Gasteiger partial charge >= 0.3 is 6.09 Å². The highest BCUT2D eigenvalue weighted by Gasteiger charge is 1.99. The van der Waals surface area contributed by atoms with Gasteiger partial charge in [0.15, 0.2) is 0 Å². The number of carbonyl (C=O) groups excluding carboxylic acids is 1. The van der Waals surface area contributed by atoms with Gasteiger partial charge in [0.1, 0.15) is 6.61 Å². The standard InChI is InChI=1S/C18H17NO2/c1-15-9-11-16(12-10-15)8-5-13-19-18(20)21-14-17-6-3-2-4-7-17/h2-4,6-7,9-12H,13-14H2,1H3,(H,19,20). The second-order valence-electron chi connectivity index (χ2n) is 4.58. The highest BCUT2D eigenvalue weighted by atomic mass is 16.5. The molecule has 0 saturated heterocycles. The Morgan fingerprint density at radius 1 is 1.10 bits per heavy atom. The molecule has 0 atom stereocenters. The highest BCUT2D eigenvalue weighted by molar-refractivity contribution is 5.67. The molecule has 3 nitrogen and oxygen atoms in total. The van der Waals surface area contributed by atoms with Crippen LogP contribution >= 0.6 is 0 Å². The quantitative estimate of drug-likeness (QED) is 0.876. The first-order chi connectivity index (χ1) is 10.2. The van der Waals surface area contributed by atoms with Crippen molar-refractivity contribution in [1.29, 1.82) is 0 Å². The lowest BCUT2D eigenvalue weighted by molar-refractivity contribution is 0.141. The number of ether oxygens (including phenoxy) is 1. The lowest BCUT2D eigenvalue weighted by Gasteiger charge is -2.04. The molecule has 0 unspecified atom stereocenters. The van der Waals surface area contributed by atoms with E-state index in [1.54, 1.807) is 0 Å². The van der Waals surface area contributed by atoms with Crippen LogP contribution in [0.15, 0.2) is 54.6 Å². The first-order valence-corrected chi connectivity index (χ1v) is 6.74. The summed E-state index contributed by atoms with van der Waals surface area (Å²) in [5.41, 5.74) is 3.08. The third-order valence-corrected chi connectivity index (χ3v) is 2.82. The van der Waals surface area contributed by atoms with Crippen molar-refractivity contribution in [1.82, 2.24) is 5.32 Å². The van der Waals surface area contributed by atoms with E-state index in [9.17, 15) is 4.79 Å². The van der Waals surface area contributed by atoms with E-state index in [1.165, 1.54) is 5.56 Å². The van der Waals surface area contributed by atoms with Gasteiger partial charge in [-0.25, -0.2) is 4.79 Å². The van der Waals surface area contributed by atoms with Gasteiger partial charge in [0.2, 0.25) is 0 Å². The SMILES string of the molecule is Cc1ccc(C#CCNC(=O)OCc2ccccc2)cc1. The number of rotatable bonds is 3. The predicted octanol–water partition coefficient (Wildman–Crippen LogP) is 3.27. The normalized spacial score (nSPS) is 9.38. The maximum atomic E-state index is 11.5. The molecule has 2 aromatic carbocycles. The zero-order chi connectivity index (χ0) is 14.9. The van der Waals surface area contributed by atoms with Crippen LogP contribution in [0.4, 0.5) is 4.79 Å². The Morgan fingerprint density at radius 3 is 2.52 bits per heavy atom. The van der Waals surface area contributed by atoms with E-state index >= 15 is 0 Å². The van der Waals surface area contributed by atoms with Crippen molar-refractivity contribution in [3.05, 3.63) is 71.3 Å². The van der Waals surface area contributed by atoms with E-state index in [4.69, 9.17) is 4.74 Å². The lowest BCUT2D eigenvalue weighted by Crippen LogP contribution is -2.24. The zero-order valence-electron chi connectivity index (χ0n) is 11.9. The Balaban J connectivity index is 1.71. The number of nitrogens with one attached hydrogen (secondary N) is 1. The molecule has 0 aliphatic rings. The number of benzene rings is 2. The number of aryl methyl sites for hydroxylation is 1. The summed E-state index contributed by atoms with van der Waals surface area (Å²) in [7, 11) is 0. The average molecular weight is 279 g/mol. The van der Waals surface area contributed by atoms with Crippen LogP contribution in [0.25, 0.3) is 0 Å². The van der Waals surface area contributed by atoms with Crippen LogP contribution in [0.5, 0.6) is 0 Å². The van der Waals surface area contributed by atoms with Crippen molar-refractivity contribution in [3.8, 4) is 11.8 Å². The van der Waals surface area contributed by atoms with Crippen LogP contribution in [0, 0.1) is 18.8 Å². The number of alkyl carbamates (subject to hydrolysis) is 1. The minimum atomic E-state index is -0.461. The fourth-order valence-electron chi connectivity index (χ4n) is 1.67. The van der Waals surface area contributed by atoms with Gasteiger partial charge in [0.25, 0.3) is 0 Å². The Bertz CT molecular complexity index is 636. The maximum absolute atomic E-state index is 11.5. The monoisotopic (exact) mass is 279 g/mol. The largest absolute Gasteiger partial charge is 0.445 e. The topological polar surface area (TPSA) is 38.3 Å². The molecular weight excluding hydrogens is 262 g/mol. The predicted molar refractivity (Wildman–Crippen MR) is 82.7 cm³/mol. The van der Waals surface area contributed by atoms with Gasteiger partial charge in [0.05, 0.1) is 6.54 Å². The molecule has 3 heteroatoms. The fraction of sp³-hybridized carbons (Fsp3) is 0.167. The van der Waals surface area contributed by atoms with Crippen LogP contribution < -0.4 is 5.32 Å². The van der Waals surface area contributed by atoms with Crippen molar-refractivity contribution >= 4 is 6.09 Å². The molecule has 0 heterocycles. The molecule has 1 N–H and O–H groups in total. The van der Waals surface area contributed by atoms with Gasteiger partial charge in [-0.15, -0.1) is 0 Å². The van der Waals surface area contributed by atoms with Gasteiger partial charge in [-0.2, -0.15) is 0 Å². The molecule has 2 aromatic rings. The Hall–Kier alpha value is -2.73. The summed E-state index contributed by atoms with van der Waals surface area (Å²) in [6.07, 6.45) is -0.461. The molecule has 0 fully saturated rings. The molecule has 0 aliphatic carbocycles. The van der Waals surface area contributed by atoms with Gasteiger partial charge in [0, 0.05) is 5.56 Å². The molecule has 0 aromatic heterocycles. The minimum absolute atomic E-state index is 0.262. The third kappa shape index (κ3) is 5.42. The van der Waals surface area contributed by atoms with Gasteiger partial charge < -0.3 is 10.1 Å². The van der Waals surface area contributed by atoms with Crippen molar-refractivity contribution in [2.45, 2.75) is 13.5 Å². The molecule has 0 bridgehead atoms. The lowest BCUT2D eigenvalue weighted by atomic mass is 10.2. The Labute approximate surface area is 125 Å². The smallest absolute Gasteiger partial charge is 0.408 e. The first-order valence-electron chi connectivity index (χ1n) is 6.74. The summed E-state index contributed by atoms with van der Waals surface area (Å²) in [6.45, 7) is 2.56. The van der Waals surface area contributed by atoms with E-state index in [-0.39, 0.29) is 13.2 Å². The van der Waals surface area contributed by atoms with Crippen molar-refractivity contribution in [2.75, 3.05) is 6.54 Å². The highest BCUT2D eigenvalue weighted by Crippen LogP contribution is 2.01. The molecule has 21 heavy (non-hydrogen) atoms. The van der Waals surface area contributed by atoms with Crippen molar-refractivity contribution in [3.63, 3.8) is 0 Å². The molecule has 0 spiro atoms. The third-order valence-electron chi connectivity index (χ3n) is 2.82. The minimum Gasteiger partial charge on any atom is -0.445 e. The number of amides is 1. The van der Waals surface area contributed by atoms with E-state index < -0.39 is 6.09 Å². The fourth-order valence-corrected chi connectivity index (χ4v) is 1.67. The maximum Gasteiger partial charge on any atom is 0.408 e. The summed E-state index contributed by atoms with van der Waals surface area (Å²) in [4.78, 5) is 11.5. The molecular formula is C18H17NO2. The molecule has 0 radical (unpaired) electrons. The summed E-state index contributed by atoms with van der Waals surface area (Å²) in [5, 5.41) is 2.60. The van der Waals surface area contributed by atoms with Crippen LogP contribution in [0.2, 0.25) is 0 Å². The molecule has 2 rings (SSSR count). The van der Waals surface area contributed by atoms with Crippen LogP contribution in [0.3, 0.4) is 0 Å². The van der Waals surface area contributed by atoms with Crippen molar-refractivity contribution in [2.24, 2.45) is 0 Å². The van der Waals surface area contributed by atoms with Crippen LogP contribution in [-0.4, -0.2) is 12.6 Å². The van der Waals surface area contributed by atoms with E-state index in [2.05, 4.69) is 17.2 Å². The molecule has 106 valence electrons. The number of hydrogen-bond donors (Lipinski definition) is 1. The molecule has 0 saturated carbocycles. The second kappa shape index (κ2) is 7.76. The molecule has 0 aliphatic heterocycles. The summed E-state index contributed by atoms with van der Waals surface area (Å²) < 4.78 is 5.08. The van der Waals surface area contributed by atoms with E-state index in [0.717, 1.165) is 11.1 Å². The summed E-state index contributed by atoms with van der Waals surface area (Å²) >= 11 is 0. The van der Waals surface area contributed by atoms with Gasteiger partial charge in [-0.05, 0) is 24.6 Å².